The van der Waals surface area contributed by atoms with Crippen molar-refractivity contribution in [3.8, 4) is 0 Å². The van der Waals surface area contributed by atoms with Gasteiger partial charge in [-0.15, -0.1) is 0 Å². The van der Waals surface area contributed by atoms with Gasteiger partial charge in [-0.3, -0.25) is 9.69 Å². The number of fused-ring (bicyclic) bond motifs is 1. The number of piperidine rings is 2. The van der Waals surface area contributed by atoms with Gasteiger partial charge >= 0.3 is 0 Å². The molecule has 2 fully saturated rings. The fraction of sp³-hybridized carbons (Fsp3) is 0.588. The highest BCUT2D eigenvalue weighted by Crippen LogP contribution is 2.29. The van der Waals surface area contributed by atoms with Gasteiger partial charge in [0.25, 0.3) is 0 Å². The zero-order valence-corrected chi connectivity index (χ0v) is 13.4. The molecule has 2 aliphatic heterocycles. The van der Waals surface area contributed by atoms with Crippen LogP contribution >= 0.6 is 11.6 Å². The van der Waals surface area contributed by atoms with E-state index in [1.54, 1.807) is 12.1 Å². The molecule has 0 saturated carbocycles. The van der Waals surface area contributed by atoms with Crippen molar-refractivity contribution in [3.63, 3.8) is 0 Å². The van der Waals surface area contributed by atoms with Crippen molar-refractivity contribution in [2.75, 3.05) is 33.2 Å². The predicted octanol–water partition coefficient (Wildman–Crippen LogP) is 2.94. The number of rotatable bonds is 3. The van der Waals surface area contributed by atoms with Crippen LogP contribution in [0.4, 0.5) is 0 Å². The fourth-order valence-electron chi connectivity index (χ4n) is 3.80. The van der Waals surface area contributed by atoms with E-state index in [1.165, 1.54) is 25.8 Å². The molecule has 2 saturated heterocycles. The van der Waals surface area contributed by atoms with Gasteiger partial charge in [-0.2, -0.15) is 0 Å². The van der Waals surface area contributed by atoms with Gasteiger partial charge in [0.1, 0.15) is 0 Å². The maximum absolute atomic E-state index is 12.4. The third kappa shape index (κ3) is 3.47. The Kier molecular flexibility index (Phi) is 4.63. The Morgan fingerprint density at radius 2 is 2.00 bits per heavy atom. The number of Topliss-reactive ketones (excluding diaryl/α,β-unsaturated/α-hetero) is 1. The van der Waals surface area contributed by atoms with Crippen LogP contribution in [-0.4, -0.2) is 54.9 Å². The molecule has 21 heavy (non-hydrogen) atoms. The molecule has 3 nitrogen and oxygen atoms in total. The summed E-state index contributed by atoms with van der Waals surface area (Å²) in [4.78, 5) is 17.2. The first-order chi connectivity index (χ1) is 10.1. The molecule has 1 aromatic carbocycles. The lowest BCUT2D eigenvalue weighted by atomic mass is 9.84. The van der Waals surface area contributed by atoms with E-state index in [9.17, 15) is 4.79 Å². The lowest BCUT2D eigenvalue weighted by molar-refractivity contribution is 0.0378. The number of ketones is 1. The van der Waals surface area contributed by atoms with Crippen LogP contribution in [0.1, 0.15) is 29.6 Å². The minimum absolute atomic E-state index is 0.203. The van der Waals surface area contributed by atoms with Gasteiger partial charge in [-0.1, -0.05) is 11.6 Å². The summed E-state index contributed by atoms with van der Waals surface area (Å²) in [7, 11) is 2.24. The fourth-order valence-corrected chi connectivity index (χ4v) is 3.93. The van der Waals surface area contributed by atoms with Crippen molar-refractivity contribution in [1.82, 2.24) is 9.80 Å². The average molecular weight is 307 g/mol. The van der Waals surface area contributed by atoms with E-state index in [0.29, 0.717) is 11.6 Å². The zero-order chi connectivity index (χ0) is 14.8. The quantitative estimate of drug-likeness (QED) is 0.802. The lowest BCUT2D eigenvalue weighted by Gasteiger charge is -2.45. The van der Waals surface area contributed by atoms with Crippen LogP contribution in [0.15, 0.2) is 24.3 Å². The molecule has 0 bridgehead atoms. The maximum atomic E-state index is 12.4. The number of carbonyl (C=O) groups is 1. The molecule has 114 valence electrons. The smallest absolute Gasteiger partial charge is 0.176 e. The predicted molar refractivity (Wildman–Crippen MR) is 86.0 cm³/mol. The first kappa shape index (κ1) is 15.0. The molecule has 2 heterocycles. The van der Waals surface area contributed by atoms with E-state index in [-0.39, 0.29) is 5.78 Å². The van der Waals surface area contributed by atoms with E-state index in [4.69, 9.17) is 11.6 Å². The largest absolute Gasteiger partial charge is 0.303 e. The molecule has 4 heteroatoms. The first-order valence-corrected chi connectivity index (χ1v) is 8.22. The maximum Gasteiger partial charge on any atom is 0.176 e. The number of hydrogen-bond donors (Lipinski definition) is 0. The third-order valence-corrected chi connectivity index (χ3v) is 5.22. The van der Waals surface area contributed by atoms with Crippen LogP contribution < -0.4 is 0 Å². The Morgan fingerprint density at radius 1 is 1.24 bits per heavy atom. The van der Waals surface area contributed by atoms with Crippen molar-refractivity contribution in [2.45, 2.75) is 25.3 Å². The molecule has 3 rings (SSSR count). The molecule has 0 aliphatic carbocycles. The summed E-state index contributed by atoms with van der Waals surface area (Å²) in [6.07, 6.45) is 3.78. The van der Waals surface area contributed by atoms with Crippen LogP contribution in [0.2, 0.25) is 5.02 Å². The van der Waals surface area contributed by atoms with Crippen LogP contribution in [-0.2, 0) is 0 Å². The van der Waals surface area contributed by atoms with Crippen molar-refractivity contribution in [3.05, 3.63) is 34.9 Å². The molecular weight excluding hydrogens is 284 g/mol. The summed E-state index contributed by atoms with van der Waals surface area (Å²) in [6.45, 7) is 3.86. The van der Waals surface area contributed by atoms with Gasteiger partial charge in [-0.05, 0) is 63.0 Å². The first-order valence-electron chi connectivity index (χ1n) is 7.85. The van der Waals surface area contributed by atoms with E-state index < -0.39 is 0 Å². The Labute approximate surface area is 131 Å². The Hall–Kier alpha value is -0.900. The summed E-state index contributed by atoms with van der Waals surface area (Å²) >= 11 is 5.87. The van der Waals surface area contributed by atoms with E-state index in [0.717, 1.165) is 30.6 Å². The van der Waals surface area contributed by atoms with Crippen LogP contribution in [0.5, 0.6) is 0 Å². The van der Waals surface area contributed by atoms with Gasteiger partial charge in [0.2, 0.25) is 0 Å². The highest BCUT2D eigenvalue weighted by molar-refractivity contribution is 6.30. The molecule has 0 amide bonds. The monoisotopic (exact) mass is 306 g/mol. The van der Waals surface area contributed by atoms with Crippen LogP contribution in [0.25, 0.3) is 0 Å². The Morgan fingerprint density at radius 3 is 2.76 bits per heavy atom. The van der Waals surface area contributed by atoms with Gasteiger partial charge in [0.05, 0.1) is 6.54 Å². The molecule has 2 atom stereocenters. The van der Waals surface area contributed by atoms with Crippen molar-refractivity contribution >= 4 is 17.4 Å². The lowest BCUT2D eigenvalue weighted by Crippen LogP contribution is -2.53. The minimum Gasteiger partial charge on any atom is -0.303 e. The molecule has 2 unspecified atom stereocenters. The summed E-state index contributed by atoms with van der Waals surface area (Å²) in [6, 6.07) is 7.95. The van der Waals surface area contributed by atoms with Crippen molar-refractivity contribution in [1.29, 1.82) is 0 Å². The van der Waals surface area contributed by atoms with Gasteiger partial charge in [0, 0.05) is 29.7 Å². The van der Waals surface area contributed by atoms with E-state index in [2.05, 4.69) is 16.8 Å². The van der Waals surface area contributed by atoms with E-state index in [1.807, 2.05) is 12.1 Å². The van der Waals surface area contributed by atoms with Gasteiger partial charge in [-0.25, -0.2) is 0 Å². The second kappa shape index (κ2) is 6.47. The highest BCUT2D eigenvalue weighted by atomic mass is 35.5. The minimum atomic E-state index is 0.203. The number of nitrogens with zero attached hydrogens (tertiary/aromatic N) is 2. The number of hydrogen-bond acceptors (Lipinski definition) is 3. The van der Waals surface area contributed by atoms with Crippen LogP contribution in [0, 0.1) is 5.92 Å². The number of halogens is 1. The zero-order valence-electron chi connectivity index (χ0n) is 12.6. The molecule has 0 spiro atoms. The highest BCUT2D eigenvalue weighted by Gasteiger charge is 2.34. The third-order valence-electron chi connectivity index (χ3n) is 4.96. The van der Waals surface area contributed by atoms with Gasteiger partial charge in [0.15, 0.2) is 5.78 Å². The Balaban J connectivity index is 1.59. The van der Waals surface area contributed by atoms with E-state index >= 15 is 0 Å². The number of benzene rings is 1. The molecule has 0 radical (unpaired) electrons. The van der Waals surface area contributed by atoms with Crippen molar-refractivity contribution in [2.24, 2.45) is 5.92 Å². The molecule has 0 N–H and O–H groups in total. The van der Waals surface area contributed by atoms with Crippen molar-refractivity contribution < 1.29 is 4.79 Å². The number of carbonyl (C=O) groups excluding carboxylic acids is 1. The normalized spacial score (nSPS) is 27.3. The SMILES string of the molecule is CN1CCCC2CN(CC(=O)c3ccc(Cl)cc3)CCC21. The number of likely N-dealkylation sites (tertiary alicyclic amines) is 2. The molecule has 1 aromatic rings. The second-order valence-electron chi connectivity index (χ2n) is 6.40. The average Bonchev–Trinajstić information content (AvgIpc) is 2.48. The topological polar surface area (TPSA) is 23.6 Å². The molecular formula is C17H23ClN2O. The summed E-state index contributed by atoms with van der Waals surface area (Å²) < 4.78 is 0. The second-order valence-corrected chi connectivity index (χ2v) is 6.84. The van der Waals surface area contributed by atoms with Gasteiger partial charge < -0.3 is 4.90 Å². The summed E-state index contributed by atoms with van der Waals surface area (Å²) in [5.41, 5.74) is 0.766. The molecule has 2 aliphatic rings. The summed E-state index contributed by atoms with van der Waals surface area (Å²) in [5, 5.41) is 0.678. The summed E-state index contributed by atoms with van der Waals surface area (Å²) in [5.74, 6) is 0.935. The Bertz CT molecular complexity index is 502. The molecule has 0 aromatic heterocycles. The standard InChI is InChI=1S/C17H23ClN2O/c1-19-9-2-3-14-11-20(10-8-16(14)19)12-17(21)13-4-6-15(18)7-5-13/h4-7,14,16H,2-3,8-12H2,1H3. The van der Waals surface area contributed by atoms with Crippen LogP contribution in [0.3, 0.4) is 0 Å².